The van der Waals surface area contributed by atoms with E-state index in [1.165, 1.54) is 29.5 Å². The highest BCUT2D eigenvalue weighted by Gasteiger charge is 2.38. The minimum Gasteiger partial charge on any atom is -0.481 e. The van der Waals surface area contributed by atoms with Gasteiger partial charge in [0.1, 0.15) is 16.6 Å². The zero-order chi connectivity index (χ0) is 12.7. The Kier molecular flexibility index (Phi) is 2.99. The molecule has 0 amide bonds. The lowest BCUT2D eigenvalue weighted by molar-refractivity contribution is -0.133. The highest BCUT2D eigenvalue weighted by atomic mass is 32.2. The van der Waals surface area contributed by atoms with Gasteiger partial charge in [0, 0.05) is 36.3 Å². The van der Waals surface area contributed by atoms with Crippen molar-refractivity contribution in [1.29, 1.82) is 0 Å². The number of nitrogens with zero attached hydrogens (tertiary/aromatic N) is 2. The molecule has 1 unspecified atom stereocenters. The second-order valence-electron chi connectivity index (χ2n) is 4.37. The Labute approximate surface area is 111 Å². The van der Waals surface area contributed by atoms with Crippen molar-refractivity contribution in [3.05, 3.63) is 17.3 Å². The molecule has 94 valence electrons. The number of carboxylic acids is 1. The summed E-state index contributed by atoms with van der Waals surface area (Å²) in [5.41, 5.74) is 0. The van der Waals surface area contributed by atoms with Gasteiger partial charge >= 0.3 is 5.97 Å². The molecule has 4 nitrogen and oxygen atoms in total. The van der Waals surface area contributed by atoms with Crippen LogP contribution in [0.5, 0.6) is 0 Å². The van der Waals surface area contributed by atoms with Crippen molar-refractivity contribution in [2.24, 2.45) is 0 Å². The first kappa shape index (κ1) is 11.9. The zero-order valence-electron chi connectivity index (χ0n) is 9.92. The Morgan fingerprint density at radius 1 is 1.56 bits per heavy atom. The zero-order valence-corrected chi connectivity index (χ0v) is 11.6. The molecule has 2 aromatic heterocycles. The summed E-state index contributed by atoms with van der Waals surface area (Å²) in [6.45, 7) is 2.15. The number of aliphatic carboxylic acids is 1. The first-order valence-electron chi connectivity index (χ1n) is 5.78. The van der Waals surface area contributed by atoms with Crippen LogP contribution in [0.4, 0.5) is 0 Å². The van der Waals surface area contributed by atoms with E-state index in [9.17, 15) is 4.79 Å². The largest absolute Gasteiger partial charge is 0.481 e. The molecule has 1 aliphatic rings. The summed E-state index contributed by atoms with van der Waals surface area (Å²) in [7, 11) is 0.137. The van der Waals surface area contributed by atoms with Crippen LogP contribution in [0.3, 0.4) is 0 Å². The third-order valence-corrected chi connectivity index (χ3v) is 6.59. The lowest BCUT2D eigenvalue weighted by Gasteiger charge is -1.96. The first-order valence-corrected chi connectivity index (χ1v) is 8.05. The van der Waals surface area contributed by atoms with Crippen molar-refractivity contribution in [1.82, 2.24) is 9.97 Å². The Morgan fingerprint density at radius 3 is 3.00 bits per heavy atom. The molecule has 1 N–H and O–H groups in total. The third kappa shape index (κ3) is 2.10. The molecule has 1 aliphatic carbocycles. The molecule has 0 bridgehead atoms. The van der Waals surface area contributed by atoms with E-state index in [0.717, 1.165) is 20.5 Å². The van der Waals surface area contributed by atoms with Gasteiger partial charge in [0.15, 0.2) is 4.88 Å². The van der Waals surface area contributed by atoms with Crippen LogP contribution < -0.4 is 0 Å². The quantitative estimate of drug-likeness (QED) is 0.529. The molecule has 0 spiro atoms. The maximum Gasteiger partial charge on any atom is 0.313 e. The molecule has 0 radical (unpaired) electrons. The fraction of sp³-hybridized carbons (Fsp3) is 0.417. The van der Waals surface area contributed by atoms with E-state index < -0.39 is 5.97 Å². The fourth-order valence-corrected chi connectivity index (χ4v) is 5.36. The number of aryl methyl sites for hydroxylation is 1. The highest BCUT2D eigenvalue weighted by Crippen LogP contribution is 2.55. The van der Waals surface area contributed by atoms with Gasteiger partial charge in [-0.3, -0.25) is 4.79 Å². The lowest BCUT2D eigenvalue weighted by atomic mass is 10.4. The number of hydrogen-bond acceptors (Lipinski definition) is 4. The summed E-state index contributed by atoms with van der Waals surface area (Å²) in [6.07, 6.45) is 4.14. The van der Waals surface area contributed by atoms with Crippen molar-refractivity contribution in [3.63, 3.8) is 0 Å². The average Bonchev–Trinajstić information content (AvgIpc) is 3.09. The number of rotatable bonds is 4. The van der Waals surface area contributed by atoms with Crippen LogP contribution in [-0.4, -0.2) is 26.8 Å². The number of fused-ring (bicyclic) bond motifs is 1. The van der Waals surface area contributed by atoms with Gasteiger partial charge in [0.2, 0.25) is 0 Å². The van der Waals surface area contributed by atoms with Crippen LogP contribution in [-0.2, 0) is 4.79 Å². The number of thiophene rings is 1. The van der Waals surface area contributed by atoms with Crippen LogP contribution in [0.2, 0.25) is 0 Å². The number of aromatic nitrogens is 2. The predicted octanol–water partition coefficient (Wildman–Crippen LogP) is 3.20. The topological polar surface area (TPSA) is 63.1 Å². The molecule has 1 atom stereocenters. The smallest absolute Gasteiger partial charge is 0.313 e. The summed E-state index contributed by atoms with van der Waals surface area (Å²) in [5.74, 6) is -0.764. The maximum atomic E-state index is 10.6. The highest BCUT2D eigenvalue weighted by molar-refractivity contribution is 8.00. The second-order valence-corrected chi connectivity index (χ2v) is 7.71. The molecule has 1 fully saturated rings. The van der Waals surface area contributed by atoms with E-state index in [0.29, 0.717) is 0 Å². The van der Waals surface area contributed by atoms with Gasteiger partial charge in [0.05, 0.1) is 11.1 Å². The van der Waals surface area contributed by atoms with E-state index in [1.807, 2.05) is 0 Å². The summed E-state index contributed by atoms with van der Waals surface area (Å²) in [6, 6.07) is 2.14. The van der Waals surface area contributed by atoms with Gasteiger partial charge in [-0.25, -0.2) is 4.98 Å². The Bertz CT molecular complexity index is 620. The lowest BCUT2D eigenvalue weighted by Crippen LogP contribution is -1.98. The van der Waals surface area contributed by atoms with Crippen molar-refractivity contribution in [2.75, 3.05) is 5.75 Å². The Morgan fingerprint density at radius 2 is 2.33 bits per heavy atom. The van der Waals surface area contributed by atoms with Crippen LogP contribution >= 0.6 is 22.2 Å². The summed E-state index contributed by atoms with van der Waals surface area (Å²) in [5, 5.41) is 11.4. The maximum absolute atomic E-state index is 10.6. The van der Waals surface area contributed by atoms with Crippen molar-refractivity contribution < 1.29 is 9.90 Å². The summed E-state index contributed by atoms with van der Waals surface area (Å²) < 4.78 is 0. The minimum atomic E-state index is -0.813. The monoisotopic (exact) mass is 281 g/mol. The summed E-state index contributed by atoms with van der Waals surface area (Å²) >= 11 is 1.28. The third-order valence-electron chi connectivity index (χ3n) is 2.90. The van der Waals surface area contributed by atoms with Gasteiger partial charge in [0.25, 0.3) is 4.83 Å². The Balaban J connectivity index is 2.05. The second kappa shape index (κ2) is 4.51. The van der Waals surface area contributed by atoms with Crippen molar-refractivity contribution in [3.8, 4) is 0 Å². The van der Waals surface area contributed by atoms with Gasteiger partial charge in [-0.1, -0.05) is 11.8 Å². The first-order chi connectivity index (χ1) is 8.66. The molecule has 0 aromatic carbocycles. The van der Waals surface area contributed by atoms with Gasteiger partial charge in [-0.15, -0.1) is 0 Å². The molecule has 0 saturated heterocycles. The molecule has 2 aromatic rings. The average molecular weight is 281 g/mol. The van der Waals surface area contributed by atoms with Crippen LogP contribution in [0, 0.1) is 6.92 Å². The van der Waals surface area contributed by atoms with Crippen molar-refractivity contribution in [2.45, 2.75) is 30.0 Å². The molecule has 6 heteroatoms. The minimum absolute atomic E-state index is 0.0492. The van der Waals surface area contributed by atoms with Crippen LogP contribution in [0.25, 0.3) is 10.2 Å². The fourth-order valence-electron chi connectivity index (χ4n) is 2.05. The predicted molar refractivity (Wildman–Crippen MR) is 73.4 cm³/mol. The van der Waals surface area contributed by atoms with Gasteiger partial charge < -0.3 is 5.11 Å². The molecule has 1 saturated carbocycles. The van der Waals surface area contributed by atoms with E-state index in [4.69, 9.17) is 5.11 Å². The molecular formula is C12H13N2O2S2+. The Hall–Kier alpha value is -1.14. The number of thioether (sulfide) groups is 1. The molecule has 2 heterocycles. The number of carboxylic acid groups (broad SMARTS) is 1. The molecule has 0 aliphatic heterocycles. The number of carbonyl (C=O) groups is 1. The van der Waals surface area contributed by atoms with Crippen molar-refractivity contribution >= 4 is 38.4 Å². The van der Waals surface area contributed by atoms with E-state index in [1.54, 1.807) is 6.33 Å². The van der Waals surface area contributed by atoms with E-state index in [2.05, 4.69) is 23.0 Å². The molecule has 18 heavy (non-hydrogen) atoms. The molecular weight excluding hydrogens is 268 g/mol. The number of hydrogen-bond donors (Lipinski definition) is 1. The van der Waals surface area contributed by atoms with Gasteiger partial charge in [-0.2, -0.15) is 4.98 Å². The normalized spacial score (nSPS) is 16.2. The van der Waals surface area contributed by atoms with Gasteiger partial charge in [-0.05, 0) is 0 Å². The van der Waals surface area contributed by atoms with Crippen LogP contribution in [0.15, 0.2) is 17.4 Å². The summed E-state index contributed by atoms with van der Waals surface area (Å²) in [4.78, 5) is 21.8. The molecule has 3 rings (SSSR count). The van der Waals surface area contributed by atoms with E-state index >= 15 is 0 Å². The standard InChI is InChI=1S/C12H12N2O2S2/c1-7-4-9-11(17-5-10(15)16)13-6-14-12(9)18(7)8-2-3-8/h4,6,8H,2-3,5H2,1H3/p+1. The SMILES string of the molecule is Cc1cc2c(SCC(=O)O)ncnc2[s+]1C1CC1. The van der Waals surface area contributed by atoms with Crippen LogP contribution in [0.1, 0.15) is 23.0 Å². The van der Waals surface area contributed by atoms with E-state index in [-0.39, 0.29) is 16.2 Å².